The van der Waals surface area contributed by atoms with Crippen molar-refractivity contribution in [2.45, 2.75) is 37.1 Å². The summed E-state index contributed by atoms with van der Waals surface area (Å²) in [5, 5.41) is 9.17. The van der Waals surface area contributed by atoms with Crippen molar-refractivity contribution in [1.29, 1.82) is 0 Å². The molecule has 0 aromatic heterocycles. The number of halogens is 3. The molecule has 0 aliphatic heterocycles. The largest absolute Gasteiger partial charge is 0.383 e. The zero-order valence-electron chi connectivity index (χ0n) is 6.00. The van der Waals surface area contributed by atoms with Crippen LogP contribution in [0.15, 0.2) is 0 Å². The SMILES string of the molecule is CCC(O)(CC)C(F)(F)Br. The van der Waals surface area contributed by atoms with Crippen LogP contribution in [0, 0.1) is 0 Å². The minimum Gasteiger partial charge on any atom is -0.383 e. The van der Waals surface area contributed by atoms with Gasteiger partial charge >= 0.3 is 4.83 Å². The first-order valence-corrected chi connectivity index (χ1v) is 3.95. The lowest BCUT2D eigenvalue weighted by Gasteiger charge is -2.29. The van der Waals surface area contributed by atoms with E-state index in [1.165, 1.54) is 13.8 Å². The third-order valence-corrected chi connectivity index (χ3v) is 2.44. The summed E-state index contributed by atoms with van der Waals surface area (Å²) in [5.41, 5.74) is -1.90. The Bertz CT molecular complexity index is 107. The molecule has 0 radical (unpaired) electrons. The third kappa shape index (κ3) is 1.89. The summed E-state index contributed by atoms with van der Waals surface area (Å²) in [6.45, 7) is 3.05. The molecule has 62 valence electrons. The highest BCUT2D eigenvalue weighted by molar-refractivity contribution is 9.10. The summed E-state index contributed by atoms with van der Waals surface area (Å²) in [5.74, 6) is 0. The summed E-state index contributed by atoms with van der Waals surface area (Å²) < 4.78 is 24.9. The maximum atomic E-state index is 12.4. The molecule has 0 heterocycles. The first kappa shape index (κ1) is 10.3. The van der Waals surface area contributed by atoms with Crippen molar-refractivity contribution >= 4 is 15.9 Å². The standard InChI is InChI=1S/C6H11BrF2O/c1-3-5(10,4-2)6(7,8)9/h10H,3-4H2,1-2H3. The van der Waals surface area contributed by atoms with Crippen molar-refractivity contribution in [2.24, 2.45) is 0 Å². The van der Waals surface area contributed by atoms with Crippen molar-refractivity contribution < 1.29 is 13.9 Å². The molecule has 0 saturated carbocycles. The average molecular weight is 217 g/mol. The number of alkyl halides is 3. The Kier molecular flexibility index (Phi) is 3.23. The number of aliphatic hydroxyl groups is 1. The van der Waals surface area contributed by atoms with Crippen LogP contribution in [0.2, 0.25) is 0 Å². The first-order valence-electron chi connectivity index (χ1n) is 3.16. The third-order valence-electron chi connectivity index (χ3n) is 1.70. The monoisotopic (exact) mass is 216 g/mol. The fourth-order valence-electron chi connectivity index (χ4n) is 0.651. The van der Waals surface area contributed by atoms with Gasteiger partial charge in [0.05, 0.1) is 0 Å². The van der Waals surface area contributed by atoms with Crippen LogP contribution in [-0.2, 0) is 0 Å². The van der Waals surface area contributed by atoms with Crippen LogP contribution in [0.25, 0.3) is 0 Å². The van der Waals surface area contributed by atoms with Crippen LogP contribution in [0.3, 0.4) is 0 Å². The summed E-state index contributed by atoms with van der Waals surface area (Å²) in [4.78, 5) is -3.18. The minimum absolute atomic E-state index is 0.0434. The molecule has 0 aliphatic carbocycles. The summed E-state index contributed by atoms with van der Waals surface area (Å²) >= 11 is 2.14. The van der Waals surface area contributed by atoms with Crippen molar-refractivity contribution in [1.82, 2.24) is 0 Å². The van der Waals surface area contributed by atoms with Crippen LogP contribution < -0.4 is 0 Å². The van der Waals surface area contributed by atoms with Crippen LogP contribution in [-0.4, -0.2) is 15.5 Å². The normalized spacial score (nSPS) is 13.8. The molecule has 10 heavy (non-hydrogen) atoms. The zero-order chi connectivity index (χ0) is 8.41. The van der Waals surface area contributed by atoms with Gasteiger partial charge in [-0.25, -0.2) is 0 Å². The van der Waals surface area contributed by atoms with Crippen LogP contribution >= 0.6 is 15.9 Å². The van der Waals surface area contributed by atoms with E-state index in [1.807, 2.05) is 0 Å². The quantitative estimate of drug-likeness (QED) is 0.720. The molecule has 0 saturated heterocycles. The van der Waals surface area contributed by atoms with E-state index in [0.717, 1.165) is 0 Å². The summed E-state index contributed by atoms with van der Waals surface area (Å²) in [6, 6.07) is 0. The van der Waals surface area contributed by atoms with Gasteiger partial charge in [-0.1, -0.05) is 13.8 Å². The van der Waals surface area contributed by atoms with Gasteiger partial charge in [-0.3, -0.25) is 0 Å². The van der Waals surface area contributed by atoms with Crippen molar-refractivity contribution in [3.8, 4) is 0 Å². The molecule has 1 nitrogen and oxygen atoms in total. The Balaban J connectivity index is 4.33. The molecule has 0 aromatic carbocycles. The zero-order valence-corrected chi connectivity index (χ0v) is 7.58. The lowest BCUT2D eigenvalue weighted by atomic mass is 9.98. The van der Waals surface area contributed by atoms with Gasteiger partial charge in [0.15, 0.2) is 0 Å². The van der Waals surface area contributed by atoms with Gasteiger partial charge in [0.1, 0.15) is 5.60 Å². The van der Waals surface area contributed by atoms with E-state index < -0.39 is 10.4 Å². The Morgan fingerprint density at radius 1 is 1.30 bits per heavy atom. The summed E-state index contributed by atoms with van der Waals surface area (Å²) in [7, 11) is 0. The second-order valence-electron chi connectivity index (χ2n) is 2.24. The fourth-order valence-corrected chi connectivity index (χ4v) is 1.21. The van der Waals surface area contributed by atoms with Crippen LogP contribution in [0.5, 0.6) is 0 Å². The highest BCUT2D eigenvalue weighted by Gasteiger charge is 2.47. The summed E-state index contributed by atoms with van der Waals surface area (Å²) in [6.07, 6.45) is 0.0868. The van der Waals surface area contributed by atoms with Crippen molar-refractivity contribution in [3.63, 3.8) is 0 Å². The van der Waals surface area contributed by atoms with Gasteiger partial charge in [-0.2, -0.15) is 8.78 Å². The smallest absolute Gasteiger partial charge is 0.329 e. The number of hydrogen-bond acceptors (Lipinski definition) is 1. The van der Waals surface area contributed by atoms with Crippen LogP contribution in [0.1, 0.15) is 26.7 Å². The van der Waals surface area contributed by atoms with Crippen molar-refractivity contribution in [2.75, 3.05) is 0 Å². The van der Waals surface area contributed by atoms with Gasteiger partial charge in [0, 0.05) is 0 Å². The van der Waals surface area contributed by atoms with E-state index in [4.69, 9.17) is 5.11 Å². The van der Waals surface area contributed by atoms with Crippen LogP contribution in [0.4, 0.5) is 8.78 Å². The molecule has 1 N–H and O–H groups in total. The van der Waals surface area contributed by atoms with Gasteiger partial charge < -0.3 is 5.11 Å². The first-order chi connectivity index (χ1) is 4.37. The van der Waals surface area contributed by atoms with E-state index in [0.29, 0.717) is 0 Å². The molecular formula is C6H11BrF2O. The van der Waals surface area contributed by atoms with E-state index in [-0.39, 0.29) is 12.8 Å². The van der Waals surface area contributed by atoms with E-state index in [9.17, 15) is 8.78 Å². The molecule has 0 aromatic rings. The Labute approximate surface area is 67.6 Å². The Hall–Kier alpha value is 0.300. The lowest BCUT2D eigenvalue weighted by molar-refractivity contribution is -0.119. The van der Waals surface area contributed by atoms with Gasteiger partial charge in [-0.05, 0) is 28.8 Å². The molecule has 0 atom stereocenters. The predicted octanol–water partition coefficient (Wildman–Crippen LogP) is 2.53. The molecule has 0 fully saturated rings. The highest BCUT2D eigenvalue weighted by atomic mass is 79.9. The molecule has 0 amide bonds. The second kappa shape index (κ2) is 3.13. The highest BCUT2D eigenvalue weighted by Crippen LogP contribution is 2.39. The van der Waals surface area contributed by atoms with E-state index in [1.54, 1.807) is 0 Å². The predicted molar refractivity (Wildman–Crippen MR) is 39.4 cm³/mol. The van der Waals surface area contributed by atoms with Gasteiger partial charge in [0.25, 0.3) is 0 Å². The molecule has 0 rings (SSSR count). The molecule has 0 unspecified atom stereocenters. The number of hydrogen-bond donors (Lipinski definition) is 1. The van der Waals surface area contributed by atoms with Crippen molar-refractivity contribution in [3.05, 3.63) is 0 Å². The topological polar surface area (TPSA) is 20.2 Å². The van der Waals surface area contributed by atoms with E-state index >= 15 is 0 Å². The molecule has 0 bridgehead atoms. The molecule has 0 aliphatic rings. The second-order valence-corrected chi connectivity index (χ2v) is 3.23. The van der Waals surface area contributed by atoms with Gasteiger partial charge in [-0.15, -0.1) is 0 Å². The van der Waals surface area contributed by atoms with Gasteiger partial charge in [0.2, 0.25) is 0 Å². The molecular weight excluding hydrogens is 206 g/mol. The van der Waals surface area contributed by atoms with E-state index in [2.05, 4.69) is 15.9 Å². The fraction of sp³-hybridized carbons (Fsp3) is 1.00. The minimum atomic E-state index is -3.18. The maximum absolute atomic E-state index is 12.4. The maximum Gasteiger partial charge on any atom is 0.329 e. The lowest BCUT2D eigenvalue weighted by Crippen LogP contribution is -2.42. The molecule has 4 heteroatoms. The number of rotatable bonds is 3. The Morgan fingerprint density at radius 2 is 1.60 bits per heavy atom. The Morgan fingerprint density at radius 3 is 1.60 bits per heavy atom. The average Bonchev–Trinajstić information content (AvgIpc) is 1.84. The molecule has 0 spiro atoms.